The van der Waals surface area contributed by atoms with Gasteiger partial charge in [-0.25, -0.2) is 4.79 Å². The van der Waals surface area contributed by atoms with Gasteiger partial charge in [-0.15, -0.1) is 0 Å². The third kappa shape index (κ3) is 4.26. The lowest BCUT2D eigenvalue weighted by Crippen LogP contribution is -2.15. The minimum absolute atomic E-state index is 0.240. The number of ketones is 1. The highest BCUT2D eigenvalue weighted by Crippen LogP contribution is 2.21. The maximum Gasteiger partial charge on any atom is 0.338 e. The summed E-state index contributed by atoms with van der Waals surface area (Å²) in [7, 11) is 0. The van der Waals surface area contributed by atoms with E-state index >= 15 is 0 Å². The largest absolute Gasteiger partial charge is 0.454 e. The Balaban J connectivity index is 1.73. The molecule has 0 radical (unpaired) electrons. The van der Waals surface area contributed by atoms with Crippen molar-refractivity contribution in [2.24, 2.45) is 0 Å². The van der Waals surface area contributed by atoms with Crippen molar-refractivity contribution >= 4 is 23.4 Å². The molecule has 0 saturated heterocycles. The van der Waals surface area contributed by atoms with Gasteiger partial charge in [0.15, 0.2) is 6.61 Å². The monoisotopic (exact) mass is 382 g/mol. The lowest BCUT2D eigenvalue weighted by atomic mass is 10.1. The van der Waals surface area contributed by atoms with Crippen LogP contribution in [0.4, 0.5) is 0 Å². The van der Waals surface area contributed by atoms with E-state index in [0.29, 0.717) is 22.7 Å². The van der Waals surface area contributed by atoms with Crippen LogP contribution in [-0.2, 0) is 11.3 Å². The van der Waals surface area contributed by atoms with Crippen molar-refractivity contribution in [2.75, 3.05) is 6.61 Å². The molecule has 27 heavy (non-hydrogen) atoms. The number of ether oxygens (including phenoxy) is 1. The molecule has 0 saturated carbocycles. The molecule has 0 unspecified atom stereocenters. The molecule has 0 fully saturated rings. The van der Waals surface area contributed by atoms with E-state index in [4.69, 9.17) is 16.3 Å². The number of Topliss-reactive ketones (excluding diaryl/α,β-unsaturated/α-hetero) is 1. The molecule has 2 aromatic heterocycles. The minimum atomic E-state index is -0.546. The van der Waals surface area contributed by atoms with Gasteiger partial charge in [0.05, 0.1) is 5.56 Å². The summed E-state index contributed by atoms with van der Waals surface area (Å²) in [4.78, 5) is 28.4. The fourth-order valence-corrected chi connectivity index (χ4v) is 3.10. The average Bonchev–Trinajstić information content (AvgIpc) is 2.96. The Morgan fingerprint density at radius 1 is 1.11 bits per heavy atom. The van der Waals surface area contributed by atoms with Crippen LogP contribution in [0.25, 0.3) is 0 Å². The van der Waals surface area contributed by atoms with E-state index in [0.717, 1.165) is 17.0 Å². The van der Waals surface area contributed by atoms with E-state index in [1.807, 2.05) is 48.7 Å². The SMILES string of the molecule is Cc1cc(C(=O)COC(=O)c2ccncc2)c(C)n1Cc1ccccc1Cl. The number of nitrogens with zero attached hydrogens (tertiary/aromatic N) is 2. The maximum absolute atomic E-state index is 12.6. The molecule has 5 nitrogen and oxygen atoms in total. The quantitative estimate of drug-likeness (QED) is 0.472. The number of halogens is 1. The molecule has 1 aromatic carbocycles. The highest BCUT2D eigenvalue weighted by Gasteiger charge is 2.18. The van der Waals surface area contributed by atoms with E-state index in [2.05, 4.69) is 4.98 Å². The zero-order valence-electron chi connectivity index (χ0n) is 15.1. The number of esters is 1. The number of hydrogen-bond donors (Lipinski definition) is 0. The summed E-state index contributed by atoms with van der Waals surface area (Å²) in [6.45, 7) is 4.07. The van der Waals surface area contributed by atoms with Crippen LogP contribution in [0.15, 0.2) is 54.9 Å². The van der Waals surface area contributed by atoms with Gasteiger partial charge >= 0.3 is 5.97 Å². The summed E-state index contributed by atoms with van der Waals surface area (Å²) in [5.41, 5.74) is 3.64. The molecule has 0 bridgehead atoms. The van der Waals surface area contributed by atoms with Crippen LogP contribution in [0.5, 0.6) is 0 Å². The fourth-order valence-electron chi connectivity index (χ4n) is 2.90. The fraction of sp³-hybridized carbons (Fsp3) is 0.190. The van der Waals surface area contributed by atoms with Gasteiger partial charge in [0, 0.05) is 40.9 Å². The molecule has 0 aliphatic heterocycles. The standard InChI is InChI=1S/C21H19ClN2O3/c1-14-11-18(15(2)24(14)12-17-5-3-4-6-19(17)22)20(25)13-27-21(26)16-7-9-23-10-8-16/h3-11H,12-13H2,1-2H3. The Morgan fingerprint density at radius 3 is 2.52 bits per heavy atom. The number of hydrogen-bond acceptors (Lipinski definition) is 4. The first-order valence-electron chi connectivity index (χ1n) is 8.48. The zero-order valence-corrected chi connectivity index (χ0v) is 15.9. The van der Waals surface area contributed by atoms with Crippen molar-refractivity contribution in [3.63, 3.8) is 0 Å². The van der Waals surface area contributed by atoms with Crippen molar-refractivity contribution in [1.29, 1.82) is 0 Å². The Hall–Kier alpha value is -2.92. The summed E-state index contributed by atoms with van der Waals surface area (Å²) in [5, 5.41) is 0.684. The zero-order chi connectivity index (χ0) is 19.4. The van der Waals surface area contributed by atoms with Gasteiger partial charge in [0.1, 0.15) is 0 Å². The van der Waals surface area contributed by atoms with E-state index in [9.17, 15) is 9.59 Å². The summed E-state index contributed by atoms with van der Waals surface area (Å²) in [5.74, 6) is -0.786. The normalized spacial score (nSPS) is 10.6. The molecule has 6 heteroatoms. The van der Waals surface area contributed by atoms with E-state index in [-0.39, 0.29) is 12.4 Å². The van der Waals surface area contributed by atoms with Gasteiger partial charge in [-0.2, -0.15) is 0 Å². The van der Waals surface area contributed by atoms with Crippen LogP contribution >= 0.6 is 11.6 Å². The Bertz CT molecular complexity index is 980. The van der Waals surface area contributed by atoms with Gasteiger partial charge in [0.25, 0.3) is 0 Å². The van der Waals surface area contributed by atoms with Crippen LogP contribution in [0.2, 0.25) is 5.02 Å². The molecule has 0 spiro atoms. The molecular weight excluding hydrogens is 364 g/mol. The highest BCUT2D eigenvalue weighted by atomic mass is 35.5. The van der Waals surface area contributed by atoms with E-state index in [1.165, 1.54) is 12.4 Å². The summed E-state index contributed by atoms with van der Waals surface area (Å²) in [6, 6.07) is 12.5. The molecule has 0 N–H and O–H groups in total. The van der Waals surface area contributed by atoms with Crippen LogP contribution in [0, 0.1) is 13.8 Å². The van der Waals surface area contributed by atoms with Gasteiger partial charge in [-0.05, 0) is 43.7 Å². The molecule has 138 valence electrons. The number of rotatable bonds is 6. The van der Waals surface area contributed by atoms with Crippen molar-refractivity contribution in [1.82, 2.24) is 9.55 Å². The smallest absolute Gasteiger partial charge is 0.338 e. The number of aromatic nitrogens is 2. The summed E-state index contributed by atoms with van der Waals surface area (Å²) in [6.07, 6.45) is 3.00. The Morgan fingerprint density at radius 2 is 1.81 bits per heavy atom. The van der Waals surface area contributed by atoms with Crippen LogP contribution in [0.1, 0.15) is 37.7 Å². The molecule has 3 rings (SSSR count). The predicted octanol–water partition coefficient (Wildman–Crippen LogP) is 4.24. The van der Waals surface area contributed by atoms with E-state index < -0.39 is 5.97 Å². The predicted molar refractivity (Wildman–Crippen MR) is 103 cm³/mol. The van der Waals surface area contributed by atoms with Crippen LogP contribution < -0.4 is 0 Å². The van der Waals surface area contributed by atoms with Crippen molar-refractivity contribution in [2.45, 2.75) is 20.4 Å². The van der Waals surface area contributed by atoms with Gasteiger partial charge in [-0.3, -0.25) is 9.78 Å². The number of aryl methyl sites for hydroxylation is 1. The molecule has 0 aliphatic rings. The second-order valence-corrected chi connectivity index (χ2v) is 6.60. The minimum Gasteiger partial charge on any atom is -0.454 e. The highest BCUT2D eigenvalue weighted by molar-refractivity contribution is 6.31. The molecule has 0 aliphatic carbocycles. The van der Waals surface area contributed by atoms with Gasteiger partial charge < -0.3 is 9.30 Å². The third-order valence-corrected chi connectivity index (χ3v) is 4.78. The van der Waals surface area contributed by atoms with Crippen LogP contribution in [-0.4, -0.2) is 27.9 Å². The first-order chi connectivity index (χ1) is 13.0. The van der Waals surface area contributed by atoms with Crippen molar-refractivity contribution < 1.29 is 14.3 Å². The van der Waals surface area contributed by atoms with Gasteiger partial charge in [0.2, 0.25) is 5.78 Å². The van der Waals surface area contributed by atoms with Gasteiger partial charge in [-0.1, -0.05) is 29.8 Å². The number of carbonyl (C=O) groups excluding carboxylic acids is 2. The number of carbonyl (C=O) groups is 2. The average molecular weight is 383 g/mol. The lowest BCUT2D eigenvalue weighted by molar-refractivity contribution is 0.0474. The second kappa shape index (κ2) is 8.18. The van der Waals surface area contributed by atoms with E-state index in [1.54, 1.807) is 12.1 Å². The topological polar surface area (TPSA) is 61.2 Å². The molecule has 2 heterocycles. The number of pyridine rings is 1. The Kier molecular flexibility index (Phi) is 5.72. The Labute approximate surface area is 162 Å². The molecule has 3 aromatic rings. The summed E-state index contributed by atoms with van der Waals surface area (Å²) < 4.78 is 7.17. The summed E-state index contributed by atoms with van der Waals surface area (Å²) >= 11 is 6.25. The lowest BCUT2D eigenvalue weighted by Gasteiger charge is -2.11. The third-order valence-electron chi connectivity index (χ3n) is 4.41. The maximum atomic E-state index is 12.6. The molecule has 0 amide bonds. The van der Waals surface area contributed by atoms with Crippen molar-refractivity contribution in [3.05, 3.63) is 88.0 Å². The molecular formula is C21H19ClN2O3. The first kappa shape index (κ1) is 18.9. The van der Waals surface area contributed by atoms with Crippen molar-refractivity contribution in [3.8, 4) is 0 Å². The number of benzene rings is 1. The molecule has 0 atom stereocenters. The first-order valence-corrected chi connectivity index (χ1v) is 8.85. The van der Waals surface area contributed by atoms with Crippen LogP contribution in [0.3, 0.4) is 0 Å². The second-order valence-electron chi connectivity index (χ2n) is 6.20.